The molecule has 2 N–H and O–H groups in total. The van der Waals surface area contributed by atoms with Crippen molar-refractivity contribution in [2.75, 3.05) is 26.7 Å². The number of hydrogen-bond acceptors (Lipinski definition) is 3. The number of nitrogens with one attached hydrogen (secondary N) is 2. The summed E-state index contributed by atoms with van der Waals surface area (Å²) in [6, 6.07) is 0. The summed E-state index contributed by atoms with van der Waals surface area (Å²) < 4.78 is 0. The van der Waals surface area contributed by atoms with E-state index in [9.17, 15) is 4.79 Å². The second kappa shape index (κ2) is 4.58. The zero-order valence-electron chi connectivity index (χ0n) is 7.73. The van der Waals surface area contributed by atoms with Gasteiger partial charge in [0.25, 0.3) is 0 Å². The Hall–Kier alpha value is -0.410. The van der Waals surface area contributed by atoms with E-state index >= 15 is 0 Å². The quantitative estimate of drug-likeness (QED) is 0.591. The minimum Gasteiger partial charge on any atom is -0.320 e. The van der Waals surface area contributed by atoms with Gasteiger partial charge in [-0.15, -0.1) is 0 Å². The molecule has 1 fully saturated rings. The van der Waals surface area contributed by atoms with E-state index in [1.807, 2.05) is 7.05 Å². The Morgan fingerprint density at radius 1 is 1.50 bits per heavy atom. The lowest BCUT2D eigenvalue weighted by atomic mass is 9.77. The maximum absolute atomic E-state index is 10.9. The standard InChI is InChI=1S/C9H18N2O/c1-10-5-2-9(8-12)3-6-11-7-4-9/h8,10-11H,2-7H2,1H3. The molecule has 0 amide bonds. The zero-order chi connectivity index (χ0) is 8.86. The van der Waals surface area contributed by atoms with Crippen LogP contribution in [0.25, 0.3) is 0 Å². The van der Waals surface area contributed by atoms with E-state index in [4.69, 9.17) is 0 Å². The van der Waals surface area contributed by atoms with Crippen LogP contribution in [0.4, 0.5) is 0 Å². The highest BCUT2D eigenvalue weighted by molar-refractivity contribution is 5.59. The van der Waals surface area contributed by atoms with Gasteiger partial charge in [-0.2, -0.15) is 0 Å². The molecule has 0 aromatic heterocycles. The van der Waals surface area contributed by atoms with Gasteiger partial charge < -0.3 is 15.4 Å². The van der Waals surface area contributed by atoms with Gasteiger partial charge in [0.05, 0.1) is 0 Å². The minimum atomic E-state index is -0.0335. The molecule has 3 heteroatoms. The number of aldehydes is 1. The topological polar surface area (TPSA) is 41.1 Å². The van der Waals surface area contributed by atoms with Crippen LogP contribution >= 0.6 is 0 Å². The predicted molar refractivity (Wildman–Crippen MR) is 49.1 cm³/mol. The van der Waals surface area contributed by atoms with Crippen LogP contribution in [0.5, 0.6) is 0 Å². The normalized spacial score (nSPS) is 22.1. The maximum Gasteiger partial charge on any atom is 0.126 e. The molecule has 3 nitrogen and oxygen atoms in total. The fourth-order valence-corrected chi connectivity index (χ4v) is 1.73. The Morgan fingerprint density at radius 3 is 2.67 bits per heavy atom. The van der Waals surface area contributed by atoms with Crippen molar-refractivity contribution < 1.29 is 4.79 Å². The Kier molecular flexibility index (Phi) is 3.69. The smallest absolute Gasteiger partial charge is 0.126 e. The predicted octanol–water partition coefficient (Wildman–Crippen LogP) is 0.165. The van der Waals surface area contributed by atoms with E-state index in [1.165, 1.54) is 0 Å². The molecule has 0 unspecified atom stereocenters. The first-order valence-corrected chi connectivity index (χ1v) is 4.65. The van der Waals surface area contributed by atoms with E-state index in [2.05, 4.69) is 10.6 Å². The number of rotatable bonds is 4. The molecule has 0 atom stereocenters. The van der Waals surface area contributed by atoms with E-state index in [-0.39, 0.29) is 5.41 Å². The maximum atomic E-state index is 10.9. The molecule has 12 heavy (non-hydrogen) atoms. The van der Waals surface area contributed by atoms with Gasteiger partial charge in [0, 0.05) is 5.41 Å². The molecule has 1 rings (SSSR count). The molecule has 1 aliphatic rings. The van der Waals surface area contributed by atoms with Crippen LogP contribution < -0.4 is 10.6 Å². The van der Waals surface area contributed by atoms with Crippen LogP contribution in [0.15, 0.2) is 0 Å². The number of carbonyl (C=O) groups excluding carboxylic acids is 1. The SMILES string of the molecule is CNCCC1(C=O)CCNCC1. The van der Waals surface area contributed by atoms with Gasteiger partial charge in [0.15, 0.2) is 0 Å². The summed E-state index contributed by atoms with van der Waals surface area (Å²) in [5.74, 6) is 0. The molecular weight excluding hydrogens is 152 g/mol. The molecule has 70 valence electrons. The third kappa shape index (κ3) is 2.29. The Morgan fingerprint density at radius 2 is 2.17 bits per heavy atom. The van der Waals surface area contributed by atoms with E-state index in [0.29, 0.717) is 0 Å². The lowest BCUT2D eigenvalue weighted by molar-refractivity contribution is -0.117. The van der Waals surface area contributed by atoms with Crippen molar-refractivity contribution in [3.8, 4) is 0 Å². The van der Waals surface area contributed by atoms with E-state index in [1.54, 1.807) is 0 Å². The number of hydrogen-bond donors (Lipinski definition) is 2. The monoisotopic (exact) mass is 170 g/mol. The molecule has 0 bridgehead atoms. The summed E-state index contributed by atoms with van der Waals surface area (Å²) >= 11 is 0. The molecule has 0 spiro atoms. The van der Waals surface area contributed by atoms with Gasteiger partial charge >= 0.3 is 0 Å². The van der Waals surface area contributed by atoms with Gasteiger partial charge in [-0.25, -0.2) is 0 Å². The van der Waals surface area contributed by atoms with Crippen LogP contribution in [0, 0.1) is 5.41 Å². The van der Waals surface area contributed by atoms with Crippen LogP contribution in [0.1, 0.15) is 19.3 Å². The van der Waals surface area contributed by atoms with Crippen molar-refractivity contribution in [2.45, 2.75) is 19.3 Å². The first-order chi connectivity index (χ1) is 5.83. The summed E-state index contributed by atoms with van der Waals surface area (Å²) in [6.07, 6.45) is 4.14. The lowest BCUT2D eigenvalue weighted by Crippen LogP contribution is -2.39. The minimum absolute atomic E-state index is 0.0335. The highest BCUT2D eigenvalue weighted by Crippen LogP contribution is 2.29. The van der Waals surface area contributed by atoms with E-state index in [0.717, 1.165) is 45.2 Å². The molecule has 1 heterocycles. The number of carbonyl (C=O) groups is 1. The van der Waals surface area contributed by atoms with Crippen molar-refractivity contribution in [1.82, 2.24) is 10.6 Å². The molecule has 1 saturated heterocycles. The van der Waals surface area contributed by atoms with Crippen molar-refractivity contribution in [3.63, 3.8) is 0 Å². The average Bonchev–Trinajstić information content (AvgIpc) is 2.16. The summed E-state index contributed by atoms with van der Waals surface area (Å²) in [4.78, 5) is 10.9. The Balaban J connectivity index is 2.42. The van der Waals surface area contributed by atoms with Crippen molar-refractivity contribution in [1.29, 1.82) is 0 Å². The van der Waals surface area contributed by atoms with Crippen LogP contribution in [0.2, 0.25) is 0 Å². The van der Waals surface area contributed by atoms with Crippen molar-refractivity contribution in [2.24, 2.45) is 5.41 Å². The van der Waals surface area contributed by atoms with E-state index < -0.39 is 0 Å². The number of piperidine rings is 1. The first kappa shape index (κ1) is 9.68. The Bertz CT molecular complexity index is 141. The fraction of sp³-hybridized carbons (Fsp3) is 0.889. The molecule has 0 aromatic rings. The summed E-state index contributed by atoms with van der Waals surface area (Å²) in [5.41, 5.74) is -0.0335. The van der Waals surface area contributed by atoms with Gasteiger partial charge in [0.1, 0.15) is 6.29 Å². The summed E-state index contributed by atoms with van der Waals surface area (Å²) in [7, 11) is 1.93. The lowest BCUT2D eigenvalue weighted by Gasteiger charge is -2.32. The molecular formula is C9H18N2O. The van der Waals surface area contributed by atoms with Gasteiger partial charge in [0.2, 0.25) is 0 Å². The second-order valence-corrected chi connectivity index (χ2v) is 3.58. The fourth-order valence-electron chi connectivity index (χ4n) is 1.73. The molecule has 0 saturated carbocycles. The van der Waals surface area contributed by atoms with Crippen molar-refractivity contribution in [3.05, 3.63) is 0 Å². The van der Waals surface area contributed by atoms with Gasteiger partial charge in [-0.3, -0.25) is 0 Å². The second-order valence-electron chi connectivity index (χ2n) is 3.58. The average molecular weight is 170 g/mol. The largest absolute Gasteiger partial charge is 0.320 e. The van der Waals surface area contributed by atoms with Gasteiger partial charge in [-0.1, -0.05) is 0 Å². The summed E-state index contributed by atoms with van der Waals surface area (Å²) in [6.45, 7) is 2.92. The first-order valence-electron chi connectivity index (χ1n) is 4.65. The van der Waals surface area contributed by atoms with Crippen molar-refractivity contribution >= 4 is 6.29 Å². The molecule has 0 radical (unpaired) electrons. The molecule has 1 aliphatic heterocycles. The third-order valence-corrected chi connectivity index (χ3v) is 2.72. The highest BCUT2D eigenvalue weighted by atomic mass is 16.1. The molecule has 0 aromatic carbocycles. The van der Waals surface area contributed by atoms with Crippen LogP contribution in [-0.4, -0.2) is 33.0 Å². The van der Waals surface area contributed by atoms with Crippen LogP contribution in [-0.2, 0) is 4.79 Å². The van der Waals surface area contributed by atoms with Crippen LogP contribution in [0.3, 0.4) is 0 Å². The highest BCUT2D eigenvalue weighted by Gasteiger charge is 2.30. The Labute approximate surface area is 73.9 Å². The third-order valence-electron chi connectivity index (χ3n) is 2.72. The summed E-state index contributed by atoms with van der Waals surface area (Å²) in [5, 5.41) is 6.37. The molecule has 0 aliphatic carbocycles. The zero-order valence-corrected chi connectivity index (χ0v) is 7.73. The van der Waals surface area contributed by atoms with Gasteiger partial charge in [-0.05, 0) is 45.9 Å².